The number of carbonyl (C=O) groups excluding carboxylic acids is 4. The van der Waals surface area contributed by atoms with Crippen LogP contribution in [0.1, 0.15) is 44.9 Å². The molecule has 2 N–H and O–H groups in total. The lowest BCUT2D eigenvalue weighted by Crippen LogP contribution is -2.33. The molecule has 0 atom stereocenters. The van der Waals surface area contributed by atoms with Crippen LogP contribution in [0.25, 0.3) is 0 Å². The van der Waals surface area contributed by atoms with Crippen molar-refractivity contribution in [2.75, 3.05) is 17.2 Å². The highest BCUT2D eigenvalue weighted by Crippen LogP contribution is 2.26. The van der Waals surface area contributed by atoms with E-state index in [9.17, 15) is 32.3 Å². The summed E-state index contributed by atoms with van der Waals surface area (Å²) in [5.74, 6) is -3.60. The third kappa shape index (κ3) is 4.73. The molecule has 0 saturated carbocycles. The molecule has 2 aromatic carbocycles. The maximum Gasteiger partial charge on any atom is 0.471 e. The molecule has 7 nitrogen and oxygen atoms in total. The predicted octanol–water partition coefficient (Wildman–Crippen LogP) is 3.69. The van der Waals surface area contributed by atoms with Crippen LogP contribution in [-0.4, -0.2) is 41.2 Å². The summed E-state index contributed by atoms with van der Waals surface area (Å²) in [5.41, 5.74) is 0.396. The van der Waals surface area contributed by atoms with Crippen LogP contribution in [0.2, 0.25) is 0 Å². The van der Waals surface area contributed by atoms with E-state index in [1.807, 2.05) is 13.8 Å². The summed E-state index contributed by atoms with van der Waals surface area (Å²) >= 11 is 0. The molecule has 0 fully saturated rings. The number of hydrogen-bond acceptors (Lipinski definition) is 4. The van der Waals surface area contributed by atoms with E-state index in [0.717, 1.165) is 11.0 Å². The van der Waals surface area contributed by atoms with Gasteiger partial charge in [0.25, 0.3) is 17.7 Å². The van der Waals surface area contributed by atoms with Crippen LogP contribution in [0.4, 0.5) is 24.5 Å². The molecule has 2 aromatic rings. The Balaban J connectivity index is 1.77. The second kappa shape index (κ2) is 8.21. The van der Waals surface area contributed by atoms with Crippen LogP contribution in [0.5, 0.6) is 0 Å². The first-order valence-corrected chi connectivity index (χ1v) is 9.27. The quantitative estimate of drug-likeness (QED) is 0.703. The van der Waals surface area contributed by atoms with Gasteiger partial charge in [-0.2, -0.15) is 13.2 Å². The summed E-state index contributed by atoms with van der Waals surface area (Å²) < 4.78 is 37.2. The Morgan fingerprint density at radius 3 is 2.16 bits per heavy atom. The van der Waals surface area contributed by atoms with Crippen molar-refractivity contribution in [3.63, 3.8) is 0 Å². The maximum atomic E-state index is 12.6. The van der Waals surface area contributed by atoms with E-state index in [4.69, 9.17) is 0 Å². The summed E-state index contributed by atoms with van der Waals surface area (Å²) in [6, 6.07) is 9.26. The lowest BCUT2D eigenvalue weighted by Gasteiger charge is -2.15. The van der Waals surface area contributed by atoms with Crippen LogP contribution in [0.3, 0.4) is 0 Å². The van der Waals surface area contributed by atoms with Crippen LogP contribution >= 0.6 is 0 Å². The van der Waals surface area contributed by atoms with Gasteiger partial charge >= 0.3 is 12.1 Å². The number of hydrogen-bond donors (Lipinski definition) is 2. The summed E-state index contributed by atoms with van der Waals surface area (Å²) in [7, 11) is 0. The number of anilines is 2. The molecule has 0 saturated heterocycles. The van der Waals surface area contributed by atoms with E-state index < -0.39 is 29.8 Å². The van der Waals surface area contributed by atoms with Crippen molar-refractivity contribution in [3.05, 3.63) is 59.2 Å². The summed E-state index contributed by atoms with van der Waals surface area (Å²) in [6.07, 6.45) is -5.04. The molecule has 0 spiro atoms. The number of amides is 4. The van der Waals surface area contributed by atoms with Crippen molar-refractivity contribution in [3.8, 4) is 0 Å². The topological polar surface area (TPSA) is 95.6 Å². The first-order valence-electron chi connectivity index (χ1n) is 9.27. The number of halogens is 3. The van der Waals surface area contributed by atoms with E-state index in [-0.39, 0.29) is 40.5 Å². The number of carbonyl (C=O) groups is 4. The standard InChI is InChI=1S/C21H18F3N3O4/c1-11(2)10-27-18(29)15-7-6-12(8-16(15)19(27)30)17(28)25-13-4-3-5-14(9-13)26-20(31)21(22,23)24/h3-9,11H,10H2,1-2H3,(H,25,28)(H,26,31). The molecule has 1 aliphatic rings. The molecule has 31 heavy (non-hydrogen) atoms. The zero-order valence-corrected chi connectivity index (χ0v) is 16.5. The summed E-state index contributed by atoms with van der Waals surface area (Å²) in [6.45, 7) is 3.99. The zero-order chi connectivity index (χ0) is 22.9. The lowest BCUT2D eigenvalue weighted by atomic mass is 10.1. The monoisotopic (exact) mass is 433 g/mol. The molecule has 10 heteroatoms. The highest BCUT2D eigenvalue weighted by molar-refractivity contribution is 6.22. The molecular weight excluding hydrogens is 415 g/mol. The fourth-order valence-corrected chi connectivity index (χ4v) is 3.04. The van der Waals surface area contributed by atoms with Gasteiger partial charge in [0.05, 0.1) is 11.1 Å². The van der Waals surface area contributed by atoms with E-state index >= 15 is 0 Å². The van der Waals surface area contributed by atoms with Gasteiger partial charge in [0, 0.05) is 23.5 Å². The minimum Gasteiger partial charge on any atom is -0.322 e. The van der Waals surface area contributed by atoms with E-state index in [0.29, 0.717) is 0 Å². The van der Waals surface area contributed by atoms with Crippen molar-refractivity contribution < 1.29 is 32.3 Å². The van der Waals surface area contributed by atoms with E-state index in [1.165, 1.54) is 36.4 Å². The van der Waals surface area contributed by atoms with Gasteiger partial charge in [0.15, 0.2) is 0 Å². The Bertz CT molecular complexity index is 1080. The molecule has 0 radical (unpaired) electrons. The highest BCUT2D eigenvalue weighted by atomic mass is 19.4. The highest BCUT2D eigenvalue weighted by Gasteiger charge is 2.39. The first-order chi connectivity index (χ1) is 14.5. The summed E-state index contributed by atoms with van der Waals surface area (Å²) in [5, 5.41) is 4.19. The first kappa shape index (κ1) is 22.0. The number of benzene rings is 2. The van der Waals surface area contributed by atoms with E-state index in [2.05, 4.69) is 5.32 Å². The molecule has 1 aliphatic heterocycles. The molecule has 0 unspecified atom stereocenters. The van der Waals surface area contributed by atoms with Crippen LogP contribution in [0, 0.1) is 5.92 Å². The maximum absolute atomic E-state index is 12.6. The Labute approximate surface area is 175 Å². The number of nitrogens with zero attached hydrogens (tertiary/aromatic N) is 1. The Morgan fingerprint density at radius 2 is 1.55 bits per heavy atom. The fraction of sp³-hybridized carbons (Fsp3) is 0.238. The number of alkyl halides is 3. The van der Waals surface area contributed by atoms with Crippen molar-refractivity contribution in [2.45, 2.75) is 20.0 Å². The van der Waals surface area contributed by atoms with Gasteiger partial charge in [0.2, 0.25) is 0 Å². The third-order valence-electron chi connectivity index (χ3n) is 4.42. The van der Waals surface area contributed by atoms with Crippen molar-refractivity contribution >= 4 is 35.0 Å². The molecule has 0 aliphatic carbocycles. The van der Waals surface area contributed by atoms with Crippen molar-refractivity contribution in [1.29, 1.82) is 0 Å². The van der Waals surface area contributed by atoms with Gasteiger partial charge in [0.1, 0.15) is 0 Å². The van der Waals surface area contributed by atoms with Gasteiger partial charge in [-0.3, -0.25) is 24.1 Å². The molecular formula is C21H18F3N3O4. The van der Waals surface area contributed by atoms with Crippen molar-refractivity contribution in [1.82, 2.24) is 4.90 Å². The predicted molar refractivity (Wildman–Crippen MR) is 106 cm³/mol. The normalized spacial score (nSPS) is 13.4. The SMILES string of the molecule is CC(C)CN1C(=O)c2ccc(C(=O)Nc3cccc(NC(=O)C(F)(F)F)c3)cc2C1=O. The molecule has 3 rings (SSSR count). The number of rotatable bonds is 5. The molecule has 162 valence electrons. The minimum absolute atomic E-state index is 0.0788. The Hall–Kier alpha value is -3.69. The Kier molecular flexibility index (Phi) is 5.83. The molecule has 1 heterocycles. The van der Waals surface area contributed by atoms with Crippen LogP contribution in [0.15, 0.2) is 42.5 Å². The van der Waals surface area contributed by atoms with Gasteiger partial charge in [-0.05, 0) is 42.3 Å². The fourth-order valence-electron chi connectivity index (χ4n) is 3.04. The Morgan fingerprint density at radius 1 is 0.935 bits per heavy atom. The lowest BCUT2D eigenvalue weighted by molar-refractivity contribution is -0.167. The van der Waals surface area contributed by atoms with E-state index in [1.54, 1.807) is 5.32 Å². The van der Waals surface area contributed by atoms with Crippen LogP contribution < -0.4 is 10.6 Å². The van der Waals surface area contributed by atoms with Crippen LogP contribution in [-0.2, 0) is 4.79 Å². The van der Waals surface area contributed by atoms with Gasteiger partial charge in [-0.1, -0.05) is 19.9 Å². The van der Waals surface area contributed by atoms with Gasteiger partial charge in [-0.15, -0.1) is 0 Å². The second-order valence-electron chi connectivity index (χ2n) is 7.36. The van der Waals surface area contributed by atoms with Crippen molar-refractivity contribution in [2.24, 2.45) is 5.92 Å². The number of imide groups is 1. The summed E-state index contributed by atoms with van der Waals surface area (Å²) in [4.78, 5) is 49.7. The molecule has 0 bridgehead atoms. The second-order valence-corrected chi connectivity index (χ2v) is 7.36. The average Bonchev–Trinajstić information content (AvgIpc) is 2.91. The third-order valence-corrected chi connectivity index (χ3v) is 4.42. The number of fused-ring (bicyclic) bond motifs is 1. The molecule has 4 amide bonds. The minimum atomic E-state index is -5.04. The number of nitrogens with one attached hydrogen (secondary N) is 2. The largest absolute Gasteiger partial charge is 0.471 e. The van der Waals surface area contributed by atoms with Gasteiger partial charge in [-0.25, -0.2) is 0 Å². The van der Waals surface area contributed by atoms with Gasteiger partial charge < -0.3 is 10.6 Å². The zero-order valence-electron chi connectivity index (χ0n) is 16.5. The smallest absolute Gasteiger partial charge is 0.322 e. The average molecular weight is 433 g/mol. The molecule has 0 aromatic heterocycles.